The number of ether oxygens (including phenoxy) is 2. The number of carbonyl (C=O) groups excluding carboxylic acids is 3. The highest BCUT2D eigenvalue weighted by Gasteiger charge is 2.26. The number of hydrogen-bond donors (Lipinski definition) is 1. The van der Waals surface area contributed by atoms with Crippen molar-refractivity contribution in [2.24, 2.45) is 0 Å². The van der Waals surface area contributed by atoms with E-state index >= 15 is 0 Å². The van der Waals surface area contributed by atoms with Gasteiger partial charge in [-0.3, -0.25) is 9.59 Å². The van der Waals surface area contributed by atoms with Crippen molar-refractivity contribution in [1.82, 2.24) is 4.98 Å². The molecule has 1 heterocycles. The molecule has 0 unspecified atom stereocenters. The summed E-state index contributed by atoms with van der Waals surface area (Å²) in [4.78, 5) is 39.3. The van der Waals surface area contributed by atoms with Crippen LogP contribution >= 0.6 is 0 Å². The van der Waals surface area contributed by atoms with Crippen LogP contribution in [-0.4, -0.2) is 35.2 Å². The fourth-order valence-electron chi connectivity index (χ4n) is 3.10. The molecular formula is C22H27NO5. The lowest BCUT2D eigenvalue weighted by molar-refractivity contribution is -0.148. The first-order valence-corrected chi connectivity index (χ1v) is 9.28. The highest BCUT2D eigenvalue weighted by atomic mass is 16.6. The molecule has 2 rings (SSSR count). The van der Waals surface area contributed by atoms with Crippen LogP contribution in [0.4, 0.5) is 0 Å². The number of hydrogen-bond acceptors (Lipinski definition) is 5. The number of esters is 1. The molecule has 1 aromatic carbocycles. The zero-order chi connectivity index (χ0) is 21.0. The van der Waals surface area contributed by atoms with E-state index in [2.05, 4.69) is 18.8 Å². The summed E-state index contributed by atoms with van der Waals surface area (Å²) in [6.45, 7) is 10.3. The largest absolute Gasteiger partial charge is 0.482 e. The van der Waals surface area contributed by atoms with Crippen molar-refractivity contribution in [1.29, 1.82) is 0 Å². The van der Waals surface area contributed by atoms with Crippen LogP contribution in [0, 0.1) is 13.8 Å². The highest BCUT2D eigenvalue weighted by molar-refractivity contribution is 6.05. The third-order valence-corrected chi connectivity index (χ3v) is 4.62. The first-order chi connectivity index (χ1) is 13.1. The molecule has 0 aliphatic rings. The topological polar surface area (TPSA) is 85.5 Å². The molecule has 0 saturated heterocycles. The maximum atomic E-state index is 12.6. The summed E-state index contributed by atoms with van der Waals surface area (Å²) < 4.78 is 10.6. The van der Waals surface area contributed by atoms with Gasteiger partial charge in [0.05, 0.1) is 5.69 Å². The molecule has 0 fully saturated rings. The number of H-pyrrole nitrogens is 1. The molecular weight excluding hydrogens is 358 g/mol. The second kappa shape index (κ2) is 8.87. The van der Waals surface area contributed by atoms with Gasteiger partial charge in [-0.2, -0.15) is 0 Å². The maximum Gasteiger partial charge on any atom is 0.344 e. The fraction of sp³-hybridized carbons (Fsp3) is 0.409. The number of rotatable bonds is 8. The smallest absolute Gasteiger partial charge is 0.344 e. The van der Waals surface area contributed by atoms with Crippen LogP contribution in [-0.2, 0) is 9.53 Å². The Kier molecular flexibility index (Phi) is 6.78. The van der Waals surface area contributed by atoms with Crippen molar-refractivity contribution < 1.29 is 23.9 Å². The Bertz CT molecular complexity index is 877. The predicted molar refractivity (Wildman–Crippen MR) is 106 cm³/mol. The molecule has 0 bridgehead atoms. The van der Waals surface area contributed by atoms with Gasteiger partial charge in [-0.15, -0.1) is 0 Å². The lowest BCUT2D eigenvalue weighted by Gasteiger charge is -2.13. The Morgan fingerprint density at radius 3 is 2.14 bits per heavy atom. The molecule has 0 saturated carbocycles. The summed E-state index contributed by atoms with van der Waals surface area (Å²) in [5.74, 6) is -0.173. The Labute approximate surface area is 165 Å². The molecule has 6 nitrogen and oxygen atoms in total. The van der Waals surface area contributed by atoms with E-state index in [1.54, 1.807) is 26.0 Å². The Morgan fingerprint density at radius 2 is 1.64 bits per heavy atom. The third kappa shape index (κ3) is 4.88. The van der Waals surface area contributed by atoms with Crippen LogP contribution in [0.15, 0.2) is 24.3 Å². The van der Waals surface area contributed by atoms with Crippen molar-refractivity contribution in [3.63, 3.8) is 0 Å². The average Bonchev–Trinajstić information content (AvgIpc) is 2.93. The van der Waals surface area contributed by atoms with Gasteiger partial charge in [-0.1, -0.05) is 26.0 Å². The van der Waals surface area contributed by atoms with E-state index in [9.17, 15) is 14.4 Å². The molecule has 0 spiro atoms. The van der Waals surface area contributed by atoms with Crippen LogP contribution in [0.25, 0.3) is 0 Å². The number of benzene rings is 1. The van der Waals surface area contributed by atoms with Gasteiger partial charge in [-0.25, -0.2) is 4.79 Å². The zero-order valence-electron chi connectivity index (χ0n) is 17.2. The molecule has 0 amide bonds. The minimum Gasteiger partial charge on any atom is -0.482 e. The van der Waals surface area contributed by atoms with E-state index in [-0.39, 0.29) is 23.9 Å². The molecule has 1 atom stereocenters. The SMILES string of the molecule is CC(=O)c1c(C)[nH]c(C(=O)[C@@H](C)OC(=O)COc2ccc(C(C)C)cc2)c1C. The monoisotopic (exact) mass is 385 g/mol. The van der Waals surface area contributed by atoms with Crippen molar-refractivity contribution in [3.8, 4) is 5.75 Å². The first-order valence-electron chi connectivity index (χ1n) is 9.28. The number of aromatic amines is 1. The van der Waals surface area contributed by atoms with Crippen LogP contribution in [0.3, 0.4) is 0 Å². The summed E-state index contributed by atoms with van der Waals surface area (Å²) >= 11 is 0. The van der Waals surface area contributed by atoms with Crippen molar-refractivity contribution >= 4 is 17.5 Å². The number of ketones is 2. The molecule has 1 N–H and O–H groups in total. The highest BCUT2D eigenvalue weighted by Crippen LogP contribution is 2.21. The fourth-order valence-corrected chi connectivity index (χ4v) is 3.10. The van der Waals surface area contributed by atoms with Gasteiger partial charge < -0.3 is 14.5 Å². The minimum absolute atomic E-state index is 0.119. The normalized spacial score (nSPS) is 12.0. The standard InChI is InChI=1S/C22H27NO5/c1-12(2)17-7-9-18(10-8-17)27-11-19(25)28-16(6)22(26)21-13(3)20(15(5)24)14(4)23-21/h7-10,12,16,23H,11H2,1-6H3/t16-/m1/s1. The van der Waals surface area contributed by atoms with Gasteiger partial charge in [0, 0.05) is 11.3 Å². The number of nitrogens with one attached hydrogen (secondary N) is 1. The van der Waals surface area contributed by atoms with E-state index in [0.29, 0.717) is 28.5 Å². The lowest BCUT2D eigenvalue weighted by Crippen LogP contribution is -2.28. The minimum atomic E-state index is -0.990. The summed E-state index contributed by atoms with van der Waals surface area (Å²) in [6.07, 6.45) is -0.990. The zero-order valence-corrected chi connectivity index (χ0v) is 17.2. The second-order valence-corrected chi connectivity index (χ2v) is 7.19. The number of Topliss-reactive ketones (excluding diaryl/α,β-unsaturated/α-hetero) is 2. The molecule has 150 valence electrons. The average molecular weight is 385 g/mol. The van der Waals surface area contributed by atoms with Gasteiger partial charge in [0.15, 0.2) is 18.5 Å². The molecule has 6 heteroatoms. The van der Waals surface area contributed by atoms with Crippen LogP contribution in [0.5, 0.6) is 5.75 Å². The Balaban J connectivity index is 1.95. The van der Waals surface area contributed by atoms with E-state index in [4.69, 9.17) is 9.47 Å². The summed E-state index contributed by atoms with van der Waals surface area (Å²) in [6, 6.07) is 7.48. The predicted octanol–water partition coefficient (Wildman–Crippen LogP) is 4.15. The van der Waals surface area contributed by atoms with Crippen molar-refractivity contribution in [2.45, 2.75) is 53.6 Å². The van der Waals surface area contributed by atoms with E-state index in [1.165, 1.54) is 19.4 Å². The molecule has 28 heavy (non-hydrogen) atoms. The van der Waals surface area contributed by atoms with Crippen LogP contribution in [0.1, 0.15) is 71.3 Å². The summed E-state index contributed by atoms with van der Waals surface area (Å²) in [5.41, 5.74) is 3.15. The first kappa shape index (κ1) is 21.4. The maximum absolute atomic E-state index is 12.6. The number of aromatic nitrogens is 1. The summed E-state index contributed by atoms with van der Waals surface area (Å²) in [5, 5.41) is 0. The van der Waals surface area contributed by atoms with Crippen molar-refractivity contribution in [2.75, 3.05) is 6.61 Å². The molecule has 1 aromatic heterocycles. The van der Waals surface area contributed by atoms with Crippen LogP contribution in [0.2, 0.25) is 0 Å². The lowest BCUT2D eigenvalue weighted by atomic mass is 10.0. The van der Waals surface area contributed by atoms with Gasteiger partial charge in [0.2, 0.25) is 5.78 Å². The molecule has 0 radical (unpaired) electrons. The van der Waals surface area contributed by atoms with Gasteiger partial charge in [-0.05, 0) is 56.9 Å². The van der Waals surface area contributed by atoms with Crippen LogP contribution < -0.4 is 4.74 Å². The molecule has 0 aliphatic carbocycles. The Hall–Kier alpha value is -2.89. The Morgan fingerprint density at radius 1 is 1.04 bits per heavy atom. The second-order valence-electron chi connectivity index (χ2n) is 7.19. The van der Waals surface area contributed by atoms with E-state index < -0.39 is 12.1 Å². The van der Waals surface area contributed by atoms with Gasteiger partial charge in [0.1, 0.15) is 5.75 Å². The van der Waals surface area contributed by atoms with Gasteiger partial charge in [0.25, 0.3) is 0 Å². The molecule has 0 aliphatic heterocycles. The molecule has 2 aromatic rings. The van der Waals surface area contributed by atoms with Crippen molar-refractivity contribution in [3.05, 3.63) is 52.3 Å². The number of aryl methyl sites for hydroxylation is 1. The van der Waals surface area contributed by atoms with E-state index in [0.717, 1.165) is 0 Å². The van der Waals surface area contributed by atoms with E-state index in [1.807, 2.05) is 12.1 Å². The van der Waals surface area contributed by atoms with Gasteiger partial charge >= 0.3 is 5.97 Å². The quantitative estimate of drug-likeness (QED) is 0.545. The number of carbonyl (C=O) groups is 3. The summed E-state index contributed by atoms with van der Waals surface area (Å²) in [7, 11) is 0. The third-order valence-electron chi connectivity index (χ3n) is 4.62.